The molecule has 0 radical (unpaired) electrons. The summed E-state index contributed by atoms with van der Waals surface area (Å²) in [4.78, 5) is 2.44. The molecule has 1 aliphatic rings. The summed E-state index contributed by atoms with van der Waals surface area (Å²) in [5, 5.41) is 0. The first-order valence-electron chi connectivity index (χ1n) is 9.54. The summed E-state index contributed by atoms with van der Waals surface area (Å²) in [7, 11) is 0. The van der Waals surface area contributed by atoms with E-state index >= 15 is 0 Å². The van der Waals surface area contributed by atoms with Crippen LogP contribution in [-0.4, -0.2) is 11.4 Å². The van der Waals surface area contributed by atoms with Crippen LogP contribution in [0.25, 0.3) is 0 Å². The molecule has 1 saturated heterocycles. The lowest BCUT2D eigenvalue weighted by Crippen LogP contribution is -2.38. The summed E-state index contributed by atoms with van der Waals surface area (Å²) in [5.74, 6) is 0.570. The van der Waals surface area contributed by atoms with E-state index in [1.165, 1.54) is 36.1 Å². The Morgan fingerprint density at radius 1 is 1.21 bits per heavy atom. The number of benzene rings is 1. The van der Waals surface area contributed by atoms with Crippen LogP contribution in [0.1, 0.15) is 83.4 Å². The molecule has 0 N–H and O–H groups in total. The first-order chi connectivity index (χ1) is 11.3. The third kappa shape index (κ3) is 4.53. The Morgan fingerprint density at radius 3 is 2.42 bits per heavy atom. The Bertz CT molecular complexity index is 559. The number of unbranched alkanes of at least 4 members (excludes halogenated alkanes) is 2. The number of hydrogen-bond donors (Lipinski definition) is 0. The lowest BCUT2D eigenvalue weighted by atomic mass is 9.77. The van der Waals surface area contributed by atoms with E-state index in [4.69, 9.17) is 0 Å². The van der Waals surface area contributed by atoms with Crippen molar-refractivity contribution in [2.24, 2.45) is 5.41 Å². The van der Waals surface area contributed by atoms with E-state index in [9.17, 15) is 0 Å². The van der Waals surface area contributed by atoms with Gasteiger partial charge in [-0.15, -0.1) is 0 Å². The van der Waals surface area contributed by atoms with Gasteiger partial charge in [-0.3, -0.25) is 0 Å². The van der Waals surface area contributed by atoms with Crippen molar-refractivity contribution in [2.75, 3.05) is 6.54 Å². The minimum atomic E-state index is 0.307. The van der Waals surface area contributed by atoms with Gasteiger partial charge in [0.15, 0.2) is 0 Å². The maximum atomic E-state index is 4.20. The largest absolute Gasteiger partial charge is 0.364 e. The molecule has 1 fully saturated rings. The van der Waals surface area contributed by atoms with E-state index in [0.29, 0.717) is 17.4 Å². The molecule has 2 unspecified atom stereocenters. The van der Waals surface area contributed by atoms with Gasteiger partial charge in [0, 0.05) is 18.7 Å². The van der Waals surface area contributed by atoms with Crippen LogP contribution in [0.2, 0.25) is 0 Å². The third-order valence-electron chi connectivity index (χ3n) is 5.52. The van der Waals surface area contributed by atoms with Crippen molar-refractivity contribution in [3.05, 3.63) is 59.8 Å². The number of hydrogen-bond acceptors (Lipinski definition) is 1. The molecule has 0 saturated carbocycles. The normalized spacial score (nSPS) is 19.6. The standard InChI is InChI=1S/C23H35N/c1-7-8-9-10-11-16-24-18(2)17-22(24)21-14-12-20(13-15-21)19(3)23(4,5)6/h10-15,19,22H,2,7-9,16-17H2,1,3-6H3/b11-10-. The van der Waals surface area contributed by atoms with E-state index in [-0.39, 0.29) is 0 Å². The van der Waals surface area contributed by atoms with E-state index in [0.717, 1.165) is 13.0 Å². The molecule has 0 bridgehead atoms. The minimum absolute atomic E-state index is 0.307. The molecule has 1 aliphatic heterocycles. The summed E-state index contributed by atoms with van der Waals surface area (Å²) in [6.45, 7) is 16.7. The van der Waals surface area contributed by atoms with Crippen molar-refractivity contribution in [1.82, 2.24) is 4.90 Å². The van der Waals surface area contributed by atoms with Gasteiger partial charge in [0.2, 0.25) is 0 Å². The van der Waals surface area contributed by atoms with Gasteiger partial charge < -0.3 is 4.90 Å². The zero-order chi connectivity index (χ0) is 17.7. The van der Waals surface area contributed by atoms with E-state index in [1.807, 2.05) is 0 Å². The molecule has 132 valence electrons. The highest BCUT2D eigenvalue weighted by Crippen LogP contribution is 2.41. The van der Waals surface area contributed by atoms with Gasteiger partial charge in [-0.25, -0.2) is 0 Å². The summed E-state index contributed by atoms with van der Waals surface area (Å²) < 4.78 is 0. The van der Waals surface area contributed by atoms with Crippen LogP contribution in [0.4, 0.5) is 0 Å². The Hall–Kier alpha value is -1.50. The Kier molecular flexibility index (Phi) is 6.32. The van der Waals surface area contributed by atoms with Crippen LogP contribution in [0, 0.1) is 5.41 Å². The van der Waals surface area contributed by atoms with E-state index < -0.39 is 0 Å². The fraction of sp³-hybridized carbons (Fsp3) is 0.565. The monoisotopic (exact) mass is 325 g/mol. The first kappa shape index (κ1) is 18.8. The molecule has 1 aromatic rings. The quantitative estimate of drug-likeness (QED) is 0.391. The van der Waals surface area contributed by atoms with Gasteiger partial charge in [0.05, 0.1) is 6.04 Å². The van der Waals surface area contributed by atoms with Crippen molar-refractivity contribution in [3.8, 4) is 0 Å². The average Bonchev–Trinajstić information content (AvgIpc) is 2.54. The molecule has 1 nitrogen and oxygen atoms in total. The maximum absolute atomic E-state index is 4.20. The summed E-state index contributed by atoms with van der Waals surface area (Å²) in [5.41, 5.74) is 4.44. The van der Waals surface area contributed by atoms with Crippen molar-refractivity contribution in [1.29, 1.82) is 0 Å². The molecular formula is C23H35N. The fourth-order valence-electron chi connectivity index (χ4n) is 3.25. The summed E-state index contributed by atoms with van der Waals surface area (Å²) in [6, 6.07) is 9.79. The number of nitrogens with zero attached hydrogens (tertiary/aromatic N) is 1. The van der Waals surface area contributed by atoms with Crippen molar-refractivity contribution in [3.63, 3.8) is 0 Å². The predicted molar refractivity (Wildman–Crippen MR) is 106 cm³/mol. The molecule has 2 rings (SSSR count). The smallest absolute Gasteiger partial charge is 0.0597 e. The van der Waals surface area contributed by atoms with Gasteiger partial charge >= 0.3 is 0 Å². The first-order valence-corrected chi connectivity index (χ1v) is 9.54. The van der Waals surface area contributed by atoms with Crippen LogP contribution in [0.3, 0.4) is 0 Å². The zero-order valence-electron chi connectivity index (χ0n) is 16.3. The van der Waals surface area contributed by atoms with Gasteiger partial charge in [-0.05, 0) is 28.9 Å². The highest BCUT2D eigenvalue weighted by molar-refractivity contribution is 5.32. The van der Waals surface area contributed by atoms with Crippen LogP contribution in [-0.2, 0) is 0 Å². The number of likely N-dealkylation sites (tertiary alicyclic amines) is 1. The predicted octanol–water partition coefficient (Wildman–Crippen LogP) is 6.84. The summed E-state index contributed by atoms with van der Waals surface area (Å²) in [6.07, 6.45) is 9.47. The molecular weight excluding hydrogens is 290 g/mol. The molecule has 0 aromatic heterocycles. The van der Waals surface area contributed by atoms with Gasteiger partial charge in [-0.1, -0.05) is 90.5 Å². The molecule has 2 atom stereocenters. The van der Waals surface area contributed by atoms with Crippen LogP contribution in [0.5, 0.6) is 0 Å². The maximum Gasteiger partial charge on any atom is 0.0597 e. The van der Waals surface area contributed by atoms with Gasteiger partial charge in [0.1, 0.15) is 0 Å². The molecule has 1 aromatic carbocycles. The second-order valence-corrected chi connectivity index (χ2v) is 8.31. The van der Waals surface area contributed by atoms with Crippen LogP contribution >= 0.6 is 0 Å². The second-order valence-electron chi connectivity index (χ2n) is 8.31. The zero-order valence-corrected chi connectivity index (χ0v) is 16.3. The lowest BCUT2D eigenvalue weighted by Gasteiger charge is -2.45. The average molecular weight is 326 g/mol. The molecule has 0 aliphatic carbocycles. The highest BCUT2D eigenvalue weighted by atomic mass is 15.2. The van der Waals surface area contributed by atoms with Gasteiger partial charge in [-0.2, -0.15) is 0 Å². The topological polar surface area (TPSA) is 3.24 Å². The molecule has 0 spiro atoms. The third-order valence-corrected chi connectivity index (χ3v) is 5.52. The van der Waals surface area contributed by atoms with Crippen LogP contribution in [0.15, 0.2) is 48.7 Å². The van der Waals surface area contributed by atoms with Crippen molar-refractivity contribution >= 4 is 0 Å². The fourth-order valence-corrected chi connectivity index (χ4v) is 3.25. The highest BCUT2D eigenvalue weighted by Gasteiger charge is 2.31. The minimum Gasteiger partial charge on any atom is -0.364 e. The Labute approximate surface area is 149 Å². The summed E-state index contributed by atoms with van der Waals surface area (Å²) >= 11 is 0. The Balaban J connectivity index is 1.98. The van der Waals surface area contributed by atoms with Crippen molar-refractivity contribution < 1.29 is 0 Å². The Morgan fingerprint density at radius 2 is 1.88 bits per heavy atom. The molecule has 1 heteroatoms. The van der Waals surface area contributed by atoms with E-state index in [2.05, 4.69) is 82.5 Å². The molecule has 24 heavy (non-hydrogen) atoms. The number of allylic oxidation sites excluding steroid dienone is 1. The molecule has 1 heterocycles. The number of rotatable bonds is 7. The van der Waals surface area contributed by atoms with Crippen molar-refractivity contribution in [2.45, 2.75) is 72.3 Å². The molecule has 0 amide bonds. The van der Waals surface area contributed by atoms with Gasteiger partial charge in [0.25, 0.3) is 0 Å². The van der Waals surface area contributed by atoms with Crippen LogP contribution < -0.4 is 0 Å². The SMILES string of the molecule is C=C1CC(c2ccc(C(C)C(C)(C)C)cc2)N1C/C=C\CCCC. The second kappa shape index (κ2) is 8.05. The van der Waals surface area contributed by atoms with E-state index in [1.54, 1.807) is 0 Å². The lowest BCUT2D eigenvalue weighted by molar-refractivity contribution is 0.178.